The first-order valence-electron chi connectivity index (χ1n) is 6.10. The molecular formula is C13H18O3. The van der Waals surface area contributed by atoms with Crippen LogP contribution in [0.5, 0.6) is 5.75 Å². The van der Waals surface area contributed by atoms with Gasteiger partial charge < -0.3 is 9.15 Å². The van der Waals surface area contributed by atoms with E-state index in [1.54, 1.807) is 0 Å². The molecule has 1 aromatic rings. The Morgan fingerprint density at radius 3 is 3.06 bits per heavy atom. The summed E-state index contributed by atoms with van der Waals surface area (Å²) in [6.07, 6.45) is 5.94. The molecule has 0 N–H and O–H groups in total. The molecule has 0 saturated carbocycles. The maximum absolute atomic E-state index is 11.7. The zero-order valence-electron chi connectivity index (χ0n) is 9.75. The second-order valence-corrected chi connectivity index (χ2v) is 4.25. The number of fused-ring (bicyclic) bond motifs is 1. The van der Waals surface area contributed by atoms with Gasteiger partial charge in [-0.1, -0.05) is 19.8 Å². The zero-order chi connectivity index (χ0) is 11.4. The average molecular weight is 222 g/mol. The van der Waals surface area contributed by atoms with Gasteiger partial charge in [-0.2, -0.15) is 0 Å². The van der Waals surface area contributed by atoms with E-state index in [4.69, 9.17) is 9.15 Å². The van der Waals surface area contributed by atoms with Crippen molar-refractivity contribution in [2.45, 2.75) is 45.4 Å². The molecule has 3 heteroatoms. The fraction of sp³-hybridized carbons (Fsp3) is 0.615. The molecular weight excluding hydrogens is 204 g/mol. The number of ether oxygens (including phenoxy) is 1. The van der Waals surface area contributed by atoms with Crippen molar-refractivity contribution in [3.8, 4) is 5.75 Å². The Balaban J connectivity index is 2.15. The van der Waals surface area contributed by atoms with E-state index in [9.17, 15) is 4.79 Å². The lowest BCUT2D eigenvalue weighted by Crippen LogP contribution is -2.18. The molecule has 2 heterocycles. The van der Waals surface area contributed by atoms with Crippen molar-refractivity contribution in [2.75, 3.05) is 6.61 Å². The maximum atomic E-state index is 11.7. The number of hydrogen-bond donors (Lipinski definition) is 0. The SMILES string of the molecule is CCCCCc1cc2c(c(=O)o1)CCCO2. The van der Waals surface area contributed by atoms with Crippen LogP contribution in [-0.4, -0.2) is 6.61 Å². The standard InChI is InChI=1S/C13H18O3/c1-2-3-4-6-10-9-12-11(13(14)16-10)7-5-8-15-12/h9H,2-8H2,1H3. The Labute approximate surface area is 95.4 Å². The van der Waals surface area contributed by atoms with Gasteiger partial charge in [-0.3, -0.25) is 0 Å². The van der Waals surface area contributed by atoms with Gasteiger partial charge in [0, 0.05) is 12.5 Å². The highest BCUT2D eigenvalue weighted by Crippen LogP contribution is 2.23. The fourth-order valence-corrected chi connectivity index (χ4v) is 2.00. The lowest BCUT2D eigenvalue weighted by molar-refractivity contribution is 0.277. The van der Waals surface area contributed by atoms with Crippen molar-refractivity contribution < 1.29 is 9.15 Å². The van der Waals surface area contributed by atoms with Crippen LogP contribution < -0.4 is 10.4 Å². The van der Waals surface area contributed by atoms with Crippen LogP contribution in [0.1, 0.15) is 43.9 Å². The predicted octanol–water partition coefficient (Wildman–Crippen LogP) is 2.70. The number of rotatable bonds is 4. The summed E-state index contributed by atoms with van der Waals surface area (Å²) in [6, 6.07) is 1.89. The second kappa shape index (κ2) is 5.19. The molecule has 1 aromatic heterocycles. The van der Waals surface area contributed by atoms with E-state index in [0.717, 1.165) is 37.2 Å². The molecule has 0 atom stereocenters. The van der Waals surface area contributed by atoms with Crippen molar-refractivity contribution >= 4 is 0 Å². The highest BCUT2D eigenvalue weighted by Gasteiger charge is 2.16. The monoisotopic (exact) mass is 222 g/mol. The molecule has 0 fully saturated rings. The van der Waals surface area contributed by atoms with E-state index in [1.165, 1.54) is 12.8 Å². The summed E-state index contributed by atoms with van der Waals surface area (Å²) in [5.74, 6) is 1.51. The van der Waals surface area contributed by atoms with E-state index in [-0.39, 0.29) is 5.63 Å². The summed E-state index contributed by atoms with van der Waals surface area (Å²) < 4.78 is 10.8. The van der Waals surface area contributed by atoms with Crippen molar-refractivity contribution in [2.24, 2.45) is 0 Å². The van der Waals surface area contributed by atoms with Crippen molar-refractivity contribution in [3.05, 3.63) is 27.8 Å². The fourth-order valence-electron chi connectivity index (χ4n) is 2.00. The predicted molar refractivity (Wildman–Crippen MR) is 62.0 cm³/mol. The summed E-state index contributed by atoms with van der Waals surface area (Å²) in [5.41, 5.74) is 0.509. The number of unbranched alkanes of at least 4 members (excludes halogenated alkanes) is 2. The first-order chi connectivity index (χ1) is 7.81. The number of aryl methyl sites for hydroxylation is 1. The van der Waals surface area contributed by atoms with Gasteiger partial charge in [-0.15, -0.1) is 0 Å². The van der Waals surface area contributed by atoms with Gasteiger partial charge in [0.05, 0.1) is 12.2 Å². The molecule has 1 aliphatic rings. The van der Waals surface area contributed by atoms with Crippen LogP contribution in [0.25, 0.3) is 0 Å². The molecule has 0 unspecified atom stereocenters. The third-order valence-corrected chi connectivity index (χ3v) is 2.92. The van der Waals surface area contributed by atoms with E-state index in [2.05, 4.69) is 6.92 Å². The second-order valence-electron chi connectivity index (χ2n) is 4.25. The van der Waals surface area contributed by atoms with Gasteiger partial charge in [0.25, 0.3) is 0 Å². The highest BCUT2D eigenvalue weighted by molar-refractivity contribution is 5.33. The van der Waals surface area contributed by atoms with Crippen molar-refractivity contribution in [1.82, 2.24) is 0 Å². The zero-order valence-corrected chi connectivity index (χ0v) is 9.75. The molecule has 16 heavy (non-hydrogen) atoms. The Morgan fingerprint density at radius 2 is 2.25 bits per heavy atom. The summed E-state index contributed by atoms with van der Waals surface area (Å²) in [6.45, 7) is 2.87. The minimum atomic E-state index is -0.205. The molecule has 0 saturated heterocycles. The summed E-state index contributed by atoms with van der Waals surface area (Å²) in [5, 5.41) is 0. The highest BCUT2D eigenvalue weighted by atomic mass is 16.5. The van der Waals surface area contributed by atoms with Crippen LogP contribution in [0.4, 0.5) is 0 Å². The van der Waals surface area contributed by atoms with Crippen LogP contribution in [-0.2, 0) is 12.8 Å². The Kier molecular flexibility index (Phi) is 3.65. The molecule has 0 spiro atoms. The van der Waals surface area contributed by atoms with Crippen LogP contribution in [0.2, 0.25) is 0 Å². The smallest absolute Gasteiger partial charge is 0.342 e. The largest absolute Gasteiger partial charge is 0.493 e. The average Bonchev–Trinajstić information content (AvgIpc) is 2.30. The third-order valence-electron chi connectivity index (χ3n) is 2.92. The van der Waals surface area contributed by atoms with E-state index in [0.29, 0.717) is 12.2 Å². The first-order valence-corrected chi connectivity index (χ1v) is 6.10. The van der Waals surface area contributed by atoms with Crippen LogP contribution in [0.15, 0.2) is 15.3 Å². The van der Waals surface area contributed by atoms with Crippen LogP contribution in [0, 0.1) is 0 Å². The van der Waals surface area contributed by atoms with Crippen molar-refractivity contribution in [1.29, 1.82) is 0 Å². The molecule has 1 aliphatic heterocycles. The van der Waals surface area contributed by atoms with Gasteiger partial charge in [0.1, 0.15) is 11.5 Å². The minimum Gasteiger partial charge on any atom is -0.493 e. The van der Waals surface area contributed by atoms with E-state index < -0.39 is 0 Å². The van der Waals surface area contributed by atoms with Crippen LogP contribution >= 0.6 is 0 Å². The summed E-state index contributed by atoms with van der Waals surface area (Å²) >= 11 is 0. The summed E-state index contributed by atoms with van der Waals surface area (Å²) in [7, 11) is 0. The van der Waals surface area contributed by atoms with Crippen molar-refractivity contribution in [3.63, 3.8) is 0 Å². The van der Waals surface area contributed by atoms with Gasteiger partial charge in [0.15, 0.2) is 0 Å². The topological polar surface area (TPSA) is 39.4 Å². The van der Waals surface area contributed by atoms with E-state index >= 15 is 0 Å². The lowest BCUT2D eigenvalue weighted by Gasteiger charge is -2.16. The maximum Gasteiger partial charge on any atom is 0.342 e. The van der Waals surface area contributed by atoms with Gasteiger partial charge in [-0.25, -0.2) is 4.79 Å². The molecule has 0 aliphatic carbocycles. The molecule has 0 aromatic carbocycles. The van der Waals surface area contributed by atoms with Gasteiger partial charge in [-0.05, 0) is 19.3 Å². The molecule has 0 amide bonds. The van der Waals surface area contributed by atoms with Crippen LogP contribution in [0.3, 0.4) is 0 Å². The molecule has 3 nitrogen and oxygen atoms in total. The third kappa shape index (κ3) is 2.46. The Hall–Kier alpha value is -1.25. The molecule has 0 bridgehead atoms. The Morgan fingerprint density at radius 1 is 1.38 bits per heavy atom. The quantitative estimate of drug-likeness (QED) is 0.735. The van der Waals surface area contributed by atoms with Gasteiger partial charge >= 0.3 is 5.63 Å². The Bertz CT molecular complexity index is 406. The molecule has 2 rings (SSSR count). The first kappa shape index (κ1) is 11.2. The van der Waals surface area contributed by atoms with E-state index in [1.807, 2.05) is 6.07 Å². The minimum absolute atomic E-state index is 0.205. The molecule has 88 valence electrons. The van der Waals surface area contributed by atoms with Gasteiger partial charge in [0.2, 0.25) is 0 Å². The molecule has 0 radical (unpaired) electrons. The lowest BCUT2D eigenvalue weighted by atomic mass is 10.1. The summed E-state index contributed by atoms with van der Waals surface area (Å²) in [4.78, 5) is 11.7. The normalized spacial score (nSPS) is 14.3. The number of hydrogen-bond acceptors (Lipinski definition) is 3.